The van der Waals surface area contributed by atoms with Crippen molar-refractivity contribution in [2.75, 3.05) is 241 Å². The van der Waals surface area contributed by atoms with E-state index in [1.165, 1.54) is 84.7 Å². The number of carbonyl (C=O) groups excluding carboxylic acids is 14. The number of rotatable bonds is 65. The number of amides is 7. The predicted molar refractivity (Wildman–Crippen MR) is 607 cm³/mol. The topological polar surface area (TPSA) is 753 Å². The summed E-state index contributed by atoms with van der Waals surface area (Å²) in [6, 6.07) is -2.75. The van der Waals surface area contributed by atoms with Crippen molar-refractivity contribution in [1.82, 2.24) is 47.0 Å². The number of nitrogens with one attached hydrogen (secondary N) is 7. The van der Waals surface area contributed by atoms with Gasteiger partial charge < -0.3 is 176 Å². The van der Waals surface area contributed by atoms with Gasteiger partial charge in [-0.05, 0) is 38.6 Å². The Morgan fingerprint density at radius 1 is 0.407 bits per heavy atom. The molecule has 0 saturated carbocycles. The van der Waals surface area contributed by atoms with Crippen LogP contribution in [0.25, 0.3) is 0 Å². The molecule has 0 spiro atoms. The number of Topliss-reactive ketones (excluding diaryl/α,β-unsaturated/α-hetero) is 6. The maximum Gasteiger partial charge on any atom is 0.305 e. The highest BCUT2D eigenvalue weighted by atomic mass is 31.2. The largest absolute Gasteiger partial charge is 0.469 e. The van der Waals surface area contributed by atoms with Crippen LogP contribution in [0.1, 0.15) is 144 Å². The van der Waals surface area contributed by atoms with Crippen LogP contribution in [0.15, 0.2) is 0 Å². The van der Waals surface area contributed by atoms with Gasteiger partial charge in [0.25, 0.3) is 0 Å². The lowest BCUT2D eigenvalue weighted by Crippen LogP contribution is -2.53. The molecule has 2 aliphatic heterocycles. The molecular formula is C89H185N9O42P10. The maximum atomic E-state index is 12.5. The molecule has 0 aromatic heterocycles. The molecule has 0 aliphatic carbocycles. The Morgan fingerprint density at radius 2 is 0.813 bits per heavy atom. The molecule has 51 nitrogen and oxygen atoms in total. The summed E-state index contributed by atoms with van der Waals surface area (Å²) >= 11 is 0. The number of hydrogen-bond acceptors (Lipinski definition) is 44. The van der Waals surface area contributed by atoms with E-state index in [0.29, 0.717) is 71.6 Å². The fraction of sp³-hybridized carbons (Fsp3) is 0.730. The molecule has 61 heteroatoms. The molecule has 2 rings (SSSR count). The minimum absolute atomic E-state index is 0.0302. The van der Waals surface area contributed by atoms with Crippen LogP contribution >= 0.6 is 73.4 Å². The molecule has 2 aliphatic rings. The van der Waals surface area contributed by atoms with Crippen LogP contribution in [0, 0.1) is 11.8 Å². The van der Waals surface area contributed by atoms with Gasteiger partial charge in [-0.1, -0.05) is 97.6 Å². The fourth-order valence-electron chi connectivity index (χ4n) is 10.0. The number of methoxy groups -OCH3 is 2. The summed E-state index contributed by atoms with van der Waals surface area (Å²) in [4.78, 5) is 254. The zero-order valence-electron chi connectivity index (χ0n) is 91.6. The predicted octanol–water partition coefficient (Wildman–Crippen LogP) is 1.31. The number of esters is 1. The van der Waals surface area contributed by atoms with Gasteiger partial charge in [-0.25, -0.2) is 0 Å². The standard InChI is InChI=1S/C14H26N3O6P.C12H22NO5P.C11H21N2O6P.C11H21O5P.C9H19O5P.C9H17O4P.C7H19N2O2P.C6H15O4P.C5H12NO3P.C5H13O2P/c1-15-12(19)7-13(20)16-11(8-18)14(21)17-6-4-5-10(17)9-23-24(2,3)22;1-4-10(14)6-12(16)13-7-11(15)5-9(13)8-18-19(2,3)17;1-12-10(16)6-11(17)13-8(7-14)9(15)4-5-19-20(2,3)18;1-4-10(13)6-11(14)5-9(7-12)8-16-17(2,3)15;1-13-9(11)5-4-8(6-10)7-14-15(2,3)12;1-4-8(10)7-9(11)5-6-13-14(2,3)12;1-4-8-5-6-9-7-11-12(2,3)10;1-8-4-5-9-6-10-11(2,3)7;1-6-5(7)4-9-10(2,3)8;1-4-5-7-8(2,3)6/h10-11,18,22H,2,4-9H2,1,3H3,(H,15,19)(H,16,20);9,11,15,17H,2,4-8H2,1,3H3;8,14,18H,2,4-7H2,1,3H3,(H,12,16)(H,13,17);9,12,15H,2,4-8H2,1,3H3;8,10,12H,2,4-7H2,1,3H3;12H,2,4-7H2,1,3H3;8-10H,2,4-7H2,1,3H3;7H,2,4-6H2,1,3H3;8H,2,4H2,1,3H3,(H,6,7);6H,2,4-5H2,1,3H3. The minimum atomic E-state index is -2.67. The van der Waals surface area contributed by atoms with Crippen LogP contribution in [0.4, 0.5) is 0 Å². The summed E-state index contributed by atoms with van der Waals surface area (Å²) in [6.45, 7) is 28.9. The maximum absolute atomic E-state index is 12.5. The van der Waals surface area contributed by atoms with E-state index in [0.717, 1.165) is 32.5 Å². The third-order valence-electron chi connectivity index (χ3n) is 17.7. The lowest BCUT2D eigenvalue weighted by atomic mass is 10.0. The second-order valence-electron chi connectivity index (χ2n) is 34.8. The highest BCUT2D eigenvalue weighted by Gasteiger charge is 2.37. The van der Waals surface area contributed by atoms with E-state index in [1.54, 1.807) is 47.9 Å². The molecular weight excluding hydrogens is 2180 g/mol. The second kappa shape index (κ2) is 89.4. The lowest BCUT2D eigenvalue weighted by molar-refractivity contribution is -0.141. The van der Waals surface area contributed by atoms with Gasteiger partial charge in [0.1, 0.15) is 141 Å². The Bertz CT molecular complexity index is 4390. The number of ketones is 6. The molecule has 0 aromatic rings. The number of hydrogen-bond donors (Lipinski definition) is 22. The number of carbonyl (C=O) groups is 14. The molecule has 888 valence electrons. The summed E-state index contributed by atoms with van der Waals surface area (Å²) < 4.78 is 64.3. The van der Waals surface area contributed by atoms with Crippen molar-refractivity contribution < 1.29 is 201 Å². The monoisotopic (exact) mass is 2360 g/mol. The Labute approximate surface area is 888 Å². The van der Waals surface area contributed by atoms with Crippen LogP contribution in [0.2, 0.25) is 0 Å². The number of aliphatic hydroxyl groups excluding tert-OH is 5. The van der Waals surface area contributed by atoms with Gasteiger partial charge in [0.15, 0.2) is 12.6 Å². The van der Waals surface area contributed by atoms with Crippen LogP contribution in [0.5, 0.6) is 0 Å². The molecule has 17 atom stereocenters. The average Bonchev–Trinajstić information content (AvgIpc) is 1.70. The van der Waals surface area contributed by atoms with Crippen LogP contribution in [-0.4, -0.2) is 500 Å². The van der Waals surface area contributed by atoms with Gasteiger partial charge in [-0.15, -0.1) is 0 Å². The van der Waals surface area contributed by atoms with E-state index in [1.807, 2.05) is 6.92 Å². The van der Waals surface area contributed by atoms with E-state index in [4.69, 9.17) is 94.5 Å². The van der Waals surface area contributed by atoms with Crippen LogP contribution < -0.4 is 37.2 Å². The van der Waals surface area contributed by atoms with Gasteiger partial charge in [-0.3, -0.25) is 72.4 Å². The first-order valence-corrected chi connectivity index (χ1v) is 70.1. The molecule has 2 saturated heterocycles. The summed E-state index contributed by atoms with van der Waals surface area (Å²) in [5, 5.41) is 63.9. The second-order valence-corrected chi connectivity index (χ2v) is 58.4. The van der Waals surface area contributed by atoms with Gasteiger partial charge >= 0.3 is 5.97 Å². The van der Waals surface area contributed by atoms with Crippen molar-refractivity contribution in [3.8, 4) is 0 Å². The molecule has 150 heavy (non-hydrogen) atoms. The summed E-state index contributed by atoms with van der Waals surface area (Å²) in [7, 11) is -17.7. The Kier molecular flexibility index (Phi) is 95.9. The quantitative estimate of drug-likeness (QED) is 0.0134. The molecule has 0 radical (unpaired) electrons. The molecule has 0 aromatic carbocycles. The normalized spacial score (nSPS) is 18.1. The van der Waals surface area contributed by atoms with Crippen molar-refractivity contribution in [1.29, 1.82) is 0 Å². The van der Waals surface area contributed by atoms with Crippen molar-refractivity contribution in [3.63, 3.8) is 0 Å². The zero-order chi connectivity index (χ0) is 118. The number of nitrogens with zero attached hydrogens (tertiary/aromatic N) is 2. The molecule has 0 bridgehead atoms. The minimum Gasteiger partial charge on any atom is -0.469 e. The van der Waals surface area contributed by atoms with Crippen molar-refractivity contribution in [2.24, 2.45) is 11.8 Å². The van der Waals surface area contributed by atoms with Crippen molar-refractivity contribution in [3.05, 3.63) is 0 Å². The summed E-state index contributed by atoms with van der Waals surface area (Å²) in [5.41, 5.74) is 0. The highest BCUT2D eigenvalue weighted by Crippen LogP contribution is 2.42. The summed E-state index contributed by atoms with van der Waals surface area (Å²) in [5.74, 6) is -5.23. The van der Waals surface area contributed by atoms with Crippen molar-refractivity contribution in [2.45, 2.75) is 174 Å². The first kappa shape index (κ1) is 161. The number of likely N-dealkylation sites (N-methyl/N-ethyl adjacent to an activating group) is 2. The van der Waals surface area contributed by atoms with Gasteiger partial charge in [0.05, 0.1) is 117 Å². The van der Waals surface area contributed by atoms with E-state index in [-0.39, 0.29) is 188 Å². The van der Waals surface area contributed by atoms with E-state index in [9.17, 15) is 102 Å². The third-order valence-corrected chi connectivity index (χ3v) is 24.8. The molecule has 2 fully saturated rings. The lowest BCUT2D eigenvalue weighted by Gasteiger charge is -2.29. The number of aliphatic hydroxyl groups is 5. The Morgan fingerprint density at radius 3 is 1.21 bits per heavy atom. The van der Waals surface area contributed by atoms with Crippen molar-refractivity contribution >= 4 is 218 Å². The smallest absolute Gasteiger partial charge is 0.305 e. The number of β-amino-alcohol motifs (C(OH)–C–C–N with tert-alkyl or cyclic N) is 1. The number of likely N-dealkylation sites (tertiary alicyclic amines) is 2. The van der Waals surface area contributed by atoms with Gasteiger partial charge in [0.2, 0.25) is 41.4 Å². The molecule has 17 unspecified atom stereocenters. The highest BCUT2D eigenvalue weighted by molar-refractivity contribution is 7.65. The van der Waals surface area contributed by atoms with Crippen LogP contribution in [-0.2, 0) is 127 Å². The average molecular weight is 2360 g/mol. The van der Waals surface area contributed by atoms with Crippen LogP contribution in [0.3, 0.4) is 0 Å². The van der Waals surface area contributed by atoms with E-state index in [2.05, 4.69) is 112 Å². The molecule has 2 heterocycles. The zero-order valence-corrected chi connectivity index (χ0v) is 101. The first-order chi connectivity index (χ1) is 68.7. The Balaban J connectivity index is -0.000000252. The van der Waals surface area contributed by atoms with E-state index < -0.39 is 153 Å². The first-order valence-electron chi connectivity index (χ1n) is 47.1. The Hall–Kier alpha value is -4.38. The fourth-order valence-corrected chi connectivity index (χ4v) is 14.7. The molecule has 22 N–H and O–H groups in total. The third kappa shape index (κ3) is 116. The van der Waals surface area contributed by atoms with E-state index >= 15 is 0 Å². The summed E-state index contributed by atoms with van der Waals surface area (Å²) in [6.07, 6.45) is 37.5. The van der Waals surface area contributed by atoms with Gasteiger partial charge in [-0.2, -0.15) is 0 Å². The number of ether oxygens (including phenoxy) is 3. The SMILES string of the molecule is C=P(C)(O)OCC(=O)NC.C=P(C)(O)OCC(CO)CC(=O)CC(=O)CC.C=P(C)(O)OCC(CO)CCC(=O)OC.C=P(C)(O)OCC1CC(O)CN1C(=O)CC(=O)CC.C=P(C)(O)OCC1CCCN1C(=O)C(CO)NC(=O)CC(=O)NC.C=P(C)(O)OCCC.C=P(C)(O)OCCC(=O)C(CO)NC(=O)CC(=O)NC.C=P(C)(O)OCCC(=O)CC(=O)CC.C=P(C)(O)OCNCCNCC.C=P(C)(O)OCOCCOC. The molecule has 7 amide bonds. The van der Waals surface area contributed by atoms with Gasteiger partial charge in [0, 0.05) is 191 Å².